The van der Waals surface area contributed by atoms with E-state index in [1.165, 1.54) is 48.5 Å². The Labute approximate surface area is 252 Å². The molecule has 9 N–H and O–H groups in total. The van der Waals surface area contributed by atoms with Gasteiger partial charge in [-0.25, -0.2) is 4.79 Å². The largest absolute Gasteiger partial charge is 0.508 e. The number of hydrogen-bond acceptors (Lipinski definition) is 8. The Kier molecular flexibility index (Phi) is 11.8. The molecule has 0 aliphatic heterocycles. The van der Waals surface area contributed by atoms with Gasteiger partial charge in [-0.15, -0.1) is 0 Å². The van der Waals surface area contributed by atoms with Gasteiger partial charge >= 0.3 is 11.9 Å². The number of rotatable bonds is 15. The summed E-state index contributed by atoms with van der Waals surface area (Å²) in [6, 6.07) is 14.8. The van der Waals surface area contributed by atoms with Gasteiger partial charge in [0.1, 0.15) is 29.6 Å². The summed E-state index contributed by atoms with van der Waals surface area (Å²) >= 11 is 0. The van der Waals surface area contributed by atoms with Crippen molar-refractivity contribution < 1.29 is 44.4 Å². The van der Waals surface area contributed by atoms with Crippen molar-refractivity contribution in [1.29, 1.82) is 0 Å². The van der Waals surface area contributed by atoms with Crippen LogP contribution in [0.5, 0.6) is 11.5 Å². The smallest absolute Gasteiger partial charge is 0.326 e. The molecule has 0 fully saturated rings. The Morgan fingerprint density at radius 2 is 0.955 bits per heavy atom. The Balaban J connectivity index is 1.87. The molecule has 4 unspecified atom stereocenters. The van der Waals surface area contributed by atoms with E-state index in [4.69, 9.17) is 10.8 Å². The first-order valence-corrected chi connectivity index (χ1v) is 13.6. The van der Waals surface area contributed by atoms with Gasteiger partial charge in [0, 0.05) is 19.3 Å². The molecule has 4 atom stereocenters. The van der Waals surface area contributed by atoms with E-state index in [2.05, 4.69) is 16.0 Å². The minimum Gasteiger partial charge on any atom is -0.508 e. The van der Waals surface area contributed by atoms with E-state index < -0.39 is 60.2 Å². The minimum absolute atomic E-state index is 0.0250. The van der Waals surface area contributed by atoms with Gasteiger partial charge < -0.3 is 42.1 Å². The number of nitrogens with one attached hydrogen (secondary N) is 3. The minimum atomic E-state index is -1.46. The van der Waals surface area contributed by atoms with Crippen LogP contribution in [0.4, 0.5) is 0 Å². The van der Waals surface area contributed by atoms with Crippen LogP contribution in [0.3, 0.4) is 0 Å². The van der Waals surface area contributed by atoms with Crippen LogP contribution in [0.1, 0.15) is 23.1 Å². The summed E-state index contributed by atoms with van der Waals surface area (Å²) in [4.78, 5) is 62.9. The fourth-order valence-electron chi connectivity index (χ4n) is 4.31. The van der Waals surface area contributed by atoms with E-state index in [0.717, 1.165) is 0 Å². The van der Waals surface area contributed by atoms with Crippen LogP contribution in [0, 0.1) is 0 Å². The molecule has 0 aliphatic carbocycles. The van der Waals surface area contributed by atoms with Crippen molar-refractivity contribution in [3.63, 3.8) is 0 Å². The molecule has 3 rings (SSSR count). The Morgan fingerprint density at radius 3 is 1.39 bits per heavy atom. The molecule has 44 heavy (non-hydrogen) atoms. The molecule has 13 nitrogen and oxygen atoms in total. The van der Waals surface area contributed by atoms with Crippen LogP contribution in [-0.4, -0.2) is 74.3 Å². The van der Waals surface area contributed by atoms with Gasteiger partial charge in [-0.3, -0.25) is 19.2 Å². The lowest BCUT2D eigenvalue weighted by molar-refractivity contribution is -0.142. The van der Waals surface area contributed by atoms with E-state index >= 15 is 0 Å². The lowest BCUT2D eigenvalue weighted by atomic mass is 10.0. The molecule has 3 aromatic carbocycles. The number of aromatic hydroxyl groups is 2. The number of phenolic OH excluding ortho intramolecular Hbond substituents is 2. The number of amides is 3. The molecular formula is C31H34N4O9. The number of carboxylic acids is 2. The van der Waals surface area contributed by atoms with Crippen molar-refractivity contribution in [3.05, 3.63) is 95.6 Å². The number of hydrogen-bond donors (Lipinski definition) is 8. The van der Waals surface area contributed by atoms with Crippen molar-refractivity contribution in [1.82, 2.24) is 16.0 Å². The Morgan fingerprint density at radius 1 is 0.568 bits per heavy atom. The highest BCUT2D eigenvalue weighted by molar-refractivity contribution is 5.95. The number of phenols is 2. The third kappa shape index (κ3) is 10.4. The maximum atomic E-state index is 13.6. The van der Waals surface area contributed by atoms with Crippen LogP contribution < -0.4 is 21.7 Å². The molecule has 3 aromatic rings. The zero-order chi connectivity index (χ0) is 32.2. The number of nitrogens with two attached hydrogens (primary N) is 1. The zero-order valence-electron chi connectivity index (χ0n) is 23.6. The summed E-state index contributed by atoms with van der Waals surface area (Å²) in [6.07, 6.45) is -0.934. The van der Waals surface area contributed by atoms with Gasteiger partial charge in [-0.2, -0.15) is 0 Å². The molecule has 0 radical (unpaired) electrons. The van der Waals surface area contributed by atoms with E-state index in [1.807, 2.05) is 0 Å². The van der Waals surface area contributed by atoms with Crippen molar-refractivity contribution in [2.45, 2.75) is 49.9 Å². The summed E-state index contributed by atoms with van der Waals surface area (Å²) in [5.74, 6) is -5.23. The Hall–Kier alpha value is -5.43. The van der Waals surface area contributed by atoms with E-state index in [0.29, 0.717) is 16.7 Å². The van der Waals surface area contributed by atoms with Crippen LogP contribution in [0.2, 0.25) is 0 Å². The third-order valence-electron chi connectivity index (χ3n) is 6.65. The van der Waals surface area contributed by atoms with Crippen LogP contribution in [0.25, 0.3) is 0 Å². The van der Waals surface area contributed by atoms with E-state index in [1.54, 1.807) is 30.3 Å². The van der Waals surface area contributed by atoms with Gasteiger partial charge in [-0.05, 0) is 41.0 Å². The topological polar surface area (TPSA) is 228 Å². The predicted octanol–water partition coefficient (Wildman–Crippen LogP) is 0.467. The second kappa shape index (κ2) is 15.7. The molecule has 0 saturated carbocycles. The summed E-state index contributed by atoms with van der Waals surface area (Å²) in [7, 11) is 0. The maximum Gasteiger partial charge on any atom is 0.326 e. The summed E-state index contributed by atoms with van der Waals surface area (Å²) in [5, 5.41) is 45.6. The summed E-state index contributed by atoms with van der Waals surface area (Å²) in [5.41, 5.74) is 7.40. The monoisotopic (exact) mass is 606 g/mol. The average molecular weight is 607 g/mol. The molecule has 0 heterocycles. The van der Waals surface area contributed by atoms with Crippen molar-refractivity contribution >= 4 is 29.7 Å². The molecule has 3 amide bonds. The fraction of sp³-hybridized carbons (Fsp3) is 0.258. The second-order valence-electron chi connectivity index (χ2n) is 10.2. The normalized spacial score (nSPS) is 13.5. The van der Waals surface area contributed by atoms with Crippen molar-refractivity contribution in [2.24, 2.45) is 5.73 Å². The number of aliphatic carboxylic acids is 2. The number of carbonyl (C=O) groups is 5. The predicted molar refractivity (Wildman–Crippen MR) is 157 cm³/mol. The molecule has 0 spiro atoms. The third-order valence-corrected chi connectivity index (χ3v) is 6.65. The van der Waals surface area contributed by atoms with Crippen LogP contribution in [0.15, 0.2) is 78.9 Å². The molecule has 13 heteroatoms. The van der Waals surface area contributed by atoms with Gasteiger partial charge in [0.2, 0.25) is 17.7 Å². The molecular weight excluding hydrogens is 572 g/mol. The highest BCUT2D eigenvalue weighted by atomic mass is 16.4. The maximum absolute atomic E-state index is 13.6. The molecule has 232 valence electrons. The Bertz CT molecular complexity index is 1450. The molecule has 0 aromatic heterocycles. The van der Waals surface area contributed by atoms with Gasteiger partial charge in [0.25, 0.3) is 0 Å². The SMILES string of the molecule is NC(CC(=O)O)C(=O)NC(Cc1ccc(O)cc1)C(=O)NC(Cc1ccc(O)cc1)C(=O)NC(Cc1ccccc1)C(=O)O. The van der Waals surface area contributed by atoms with E-state index in [-0.39, 0.29) is 30.8 Å². The number of benzene rings is 3. The summed E-state index contributed by atoms with van der Waals surface area (Å²) < 4.78 is 0. The number of carboxylic acid groups (broad SMARTS) is 2. The van der Waals surface area contributed by atoms with Gasteiger partial charge in [0.05, 0.1) is 12.5 Å². The average Bonchev–Trinajstić information content (AvgIpc) is 2.98. The fourth-order valence-corrected chi connectivity index (χ4v) is 4.31. The zero-order valence-corrected chi connectivity index (χ0v) is 23.6. The first-order chi connectivity index (χ1) is 20.9. The van der Waals surface area contributed by atoms with Crippen LogP contribution in [-0.2, 0) is 43.2 Å². The molecule has 0 saturated heterocycles. The molecule has 0 bridgehead atoms. The van der Waals surface area contributed by atoms with Gasteiger partial charge in [0.15, 0.2) is 0 Å². The lowest BCUT2D eigenvalue weighted by Gasteiger charge is -2.25. The van der Waals surface area contributed by atoms with Crippen LogP contribution >= 0.6 is 0 Å². The van der Waals surface area contributed by atoms with Gasteiger partial charge in [-0.1, -0.05) is 54.6 Å². The van der Waals surface area contributed by atoms with E-state index in [9.17, 15) is 39.3 Å². The standard InChI is InChI=1S/C31H34N4O9/c32-23(17-27(38)39)28(40)33-24(14-19-6-10-21(36)11-7-19)29(41)34-25(15-20-8-12-22(37)13-9-20)30(42)35-26(31(43)44)16-18-4-2-1-3-5-18/h1-13,23-26,36-37H,14-17,32H2,(H,33,40)(H,34,41)(H,35,42)(H,38,39)(H,43,44). The highest BCUT2D eigenvalue weighted by Crippen LogP contribution is 2.14. The van der Waals surface area contributed by atoms with Crippen molar-refractivity contribution in [3.8, 4) is 11.5 Å². The quantitative estimate of drug-likeness (QED) is 0.119. The van der Waals surface area contributed by atoms with Crippen molar-refractivity contribution in [2.75, 3.05) is 0 Å². The first-order valence-electron chi connectivity index (χ1n) is 13.6. The number of carbonyl (C=O) groups excluding carboxylic acids is 3. The lowest BCUT2D eigenvalue weighted by Crippen LogP contribution is -2.58. The first kappa shape index (κ1) is 33.1. The second-order valence-corrected chi connectivity index (χ2v) is 10.2. The highest BCUT2D eigenvalue weighted by Gasteiger charge is 2.31. The summed E-state index contributed by atoms with van der Waals surface area (Å²) in [6.45, 7) is 0. The molecule has 0 aliphatic rings.